The van der Waals surface area contributed by atoms with E-state index in [9.17, 15) is 4.79 Å². The number of carbonyl (C=O) groups is 1. The van der Waals surface area contributed by atoms with Gasteiger partial charge in [-0.25, -0.2) is 0 Å². The van der Waals surface area contributed by atoms with Crippen molar-refractivity contribution in [1.82, 2.24) is 9.78 Å². The van der Waals surface area contributed by atoms with Crippen molar-refractivity contribution >= 4 is 5.78 Å². The van der Waals surface area contributed by atoms with Gasteiger partial charge in [-0.3, -0.25) is 9.48 Å². The molecule has 0 aliphatic rings. The number of nitrogens with two attached hydrogens (primary N) is 1. The Hall–Kier alpha value is -1.16. The Morgan fingerprint density at radius 1 is 1.77 bits per heavy atom. The van der Waals surface area contributed by atoms with Crippen LogP contribution in [-0.4, -0.2) is 21.1 Å². The lowest BCUT2D eigenvalue weighted by Crippen LogP contribution is -2.44. The van der Waals surface area contributed by atoms with E-state index >= 15 is 0 Å². The molecule has 1 aromatic heterocycles. The number of hydrogen-bond donors (Lipinski definition) is 1. The summed E-state index contributed by atoms with van der Waals surface area (Å²) in [6, 6.07) is 0. The molecule has 0 aliphatic carbocycles. The predicted molar refractivity (Wildman–Crippen MR) is 50.4 cm³/mol. The van der Waals surface area contributed by atoms with Gasteiger partial charge in [0.25, 0.3) is 0 Å². The largest absolute Gasteiger partial charge is 0.319 e. The van der Waals surface area contributed by atoms with Crippen LogP contribution < -0.4 is 5.73 Å². The molecular formula is C9H15N3O. The second kappa shape index (κ2) is 3.30. The third-order valence-electron chi connectivity index (χ3n) is 2.22. The Bertz CT molecular complexity index is 314. The summed E-state index contributed by atoms with van der Waals surface area (Å²) in [6.45, 7) is 3.64. The summed E-state index contributed by atoms with van der Waals surface area (Å²) in [5, 5.41) is 3.93. The Morgan fingerprint density at radius 3 is 2.77 bits per heavy atom. The fraction of sp³-hybridized carbons (Fsp3) is 0.556. The normalized spacial score (nSPS) is 15.4. The van der Waals surface area contributed by atoms with Gasteiger partial charge in [-0.15, -0.1) is 0 Å². The molecule has 0 spiro atoms. The van der Waals surface area contributed by atoms with Crippen molar-refractivity contribution in [2.45, 2.75) is 25.8 Å². The van der Waals surface area contributed by atoms with Gasteiger partial charge in [0.2, 0.25) is 0 Å². The molecular weight excluding hydrogens is 166 g/mol. The van der Waals surface area contributed by atoms with Crippen LogP contribution in [0.4, 0.5) is 0 Å². The number of nitrogens with zero attached hydrogens (tertiary/aromatic N) is 2. The van der Waals surface area contributed by atoms with Gasteiger partial charge in [0, 0.05) is 13.2 Å². The van der Waals surface area contributed by atoms with E-state index in [-0.39, 0.29) is 5.78 Å². The Labute approximate surface area is 77.7 Å². The number of ketones is 1. The van der Waals surface area contributed by atoms with Crippen molar-refractivity contribution in [3.05, 3.63) is 18.0 Å². The molecule has 0 radical (unpaired) electrons. The lowest BCUT2D eigenvalue weighted by Gasteiger charge is -2.19. The van der Waals surface area contributed by atoms with E-state index in [1.54, 1.807) is 31.0 Å². The molecule has 0 aromatic carbocycles. The quantitative estimate of drug-likeness (QED) is 0.699. The Balaban J connectivity index is 2.91. The first-order valence-electron chi connectivity index (χ1n) is 4.29. The predicted octanol–water partition coefficient (Wildman–Crippen LogP) is 0.730. The summed E-state index contributed by atoms with van der Waals surface area (Å²) in [6.07, 6.45) is 3.85. The van der Waals surface area contributed by atoms with Crippen LogP contribution >= 0.6 is 0 Å². The molecule has 0 amide bonds. The minimum absolute atomic E-state index is 0.0527. The van der Waals surface area contributed by atoms with Gasteiger partial charge in [0.15, 0.2) is 5.78 Å². The summed E-state index contributed by atoms with van der Waals surface area (Å²) >= 11 is 0. The molecule has 1 atom stereocenters. The van der Waals surface area contributed by atoms with E-state index in [1.165, 1.54) is 0 Å². The summed E-state index contributed by atoms with van der Waals surface area (Å²) in [5.41, 5.74) is 5.62. The molecule has 13 heavy (non-hydrogen) atoms. The van der Waals surface area contributed by atoms with Gasteiger partial charge in [-0.2, -0.15) is 5.10 Å². The Morgan fingerprint density at radius 2 is 2.38 bits per heavy atom. The standard InChI is InChI=1S/C9H15N3O/c1-4-9(2,10)8(13)7-5-11-12(3)6-7/h5-6H,4,10H2,1-3H3. The molecule has 1 unspecified atom stereocenters. The Kier molecular flexibility index (Phi) is 2.52. The lowest BCUT2D eigenvalue weighted by molar-refractivity contribution is 0.0897. The van der Waals surface area contributed by atoms with Crippen LogP contribution in [0.2, 0.25) is 0 Å². The van der Waals surface area contributed by atoms with Crippen LogP contribution in [0.1, 0.15) is 30.6 Å². The molecule has 4 heteroatoms. The van der Waals surface area contributed by atoms with Crippen molar-refractivity contribution in [3.8, 4) is 0 Å². The second-order valence-electron chi connectivity index (χ2n) is 3.50. The number of aromatic nitrogens is 2. The number of hydrogen-bond acceptors (Lipinski definition) is 3. The average Bonchev–Trinajstić information content (AvgIpc) is 2.50. The number of rotatable bonds is 3. The maximum absolute atomic E-state index is 11.7. The van der Waals surface area contributed by atoms with E-state index in [0.717, 1.165) is 0 Å². The van der Waals surface area contributed by atoms with Crippen molar-refractivity contribution in [3.63, 3.8) is 0 Å². The van der Waals surface area contributed by atoms with Crippen LogP contribution in [0, 0.1) is 0 Å². The number of carbonyl (C=O) groups excluding carboxylic acids is 1. The fourth-order valence-electron chi connectivity index (χ4n) is 1.03. The maximum atomic E-state index is 11.7. The highest BCUT2D eigenvalue weighted by molar-refractivity contribution is 6.02. The van der Waals surface area contributed by atoms with Crippen LogP contribution in [-0.2, 0) is 7.05 Å². The second-order valence-corrected chi connectivity index (χ2v) is 3.50. The molecule has 72 valence electrons. The summed E-state index contributed by atoms with van der Waals surface area (Å²) in [7, 11) is 1.77. The van der Waals surface area contributed by atoms with Crippen molar-refractivity contribution in [2.24, 2.45) is 12.8 Å². The SMILES string of the molecule is CCC(C)(N)C(=O)c1cnn(C)c1. The van der Waals surface area contributed by atoms with E-state index in [2.05, 4.69) is 5.10 Å². The summed E-state index contributed by atoms with van der Waals surface area (Å²) in [5.74, 6) is -0.0527. The maximum Gasteiger partial charge on any atom is 0.185 e. The highest BCUT2D eigenvalue weighted by Gasteiger charge is 2.27. The molecule has 2 N–H and O–H groups in total. The zero-order valence-corrected chi connectivity index (χ0v) is 8.24. The van der Waals surface area contributed by atoms with E-state index < -0.39 is 5.54 Å². The van der Waals surface area contributed by atoms with Crippen LogP contribution in [0.3, 0.4) is 0 Å². The molecule has 0 bridgehead atoms. The van der Waals surface area contributed by atoms with Crippen LogP contribution in [0.5, 0.6) is 0 Å². The minimum atomic E-state index is -0.775. The third-order valence-corrected chi connectivity index (χ3v) is 2.22. The van der Waals surface area contributed by atoms with E-state index in [0.29, 0.717) is 12.0 Å². The first kappa shape index (κ1) is 9.92. The van der Waals surface area contributed by atoms with E-state index in [4.69, 9.17) is 5.73 Å². The minimum Gasteiger partial charge on any atom is -0.319 e. The monoisotopic (exact) mass is 181 g/mol. The van der Waals surface area contributed by atoms with Gasteiger partial charge in [-0.1, -0.05) is 6.92 Å². The first-order chi connectivity index (χ1) is 5.97. The molecule has 1 heterocycles. The molecule has 1 aromatic rings. The zero-order valence-electron chi connectivity index (χ0n) is 8.24. The molecule has 0 saturated carbocycles. The van der Waals surface area contributed by atoms with Crippen LogP contribution in [0.25, 0.3) is 0 Å². The molecule has 1 rings (SSSR count). The summed E-state index contributed by atoms with van der Waals surface area (Å²) < 4.78 is 1.60. The first-order valence-corrected chi connectivity index (χ1v) is 4.29. The molecule has 4 nitrogen and oxygen atoms in total. The summed E-state index contributed by atoms with van der Waals surface area (Å²) in [4.78, 5) is 11.7. The smallest absolute Gasteiger partial charge is 0.185 e. The van der Waals surface area contributed by atoms with Crippen LogP contribution in [0.15, 0.2) is 12.4 Å². The molecule has 0 saturated heterocycles. The number of Topliss-reactive ketones (excluding diaryl/α,β-unsaturated/α-hetero) is 1. The molecule has 0 fully saturated rings. The van der Waals surface area contributed by atoms with Gasteiger partial charge >= 0.3 is 0 Å². The van der Waals surface area contributed by atoms with Crippen molar-refractivity contribution in [1.29, 1.82) is 0 Å². The lowest BCUT2D eigenvalue weighted by atomic mass is 9.91. The fourth-order valence-corrected chi connectivity index (χ4v) is 1.03. The topological polar surface area (TPSA) is 60.9 Å². The number of aryl methyl sites for hydroxylation is 1. The van der Waals surface area contributed by atoms with Crippen molar-refractivity contribution in [2.75, 3.05) is 0 Å². The highest BCUT2D eigenvalue weighted by Crippen LogP contribution is 2.13. The van der Waals surface area contributed by atoms with Gasteiger partial charge in [-0.05, 0) is 13.3 Å². The van der Waals surface area contributed by atoms with E-state index in [1.807, 2.05) is 6.92 Å². The van der Waals surface area contributed by atoms with Crippen molar-refractivity contribution < 1.29 is 4.79 Å². The highest BCUT2D eigenvalue weighted by atomic mass is 16.1. The van der Waals surface area contributed by atoms with Gasteiger partial charge in [0.05, 0.1) is 17.3 Å². The average molecular weight is 181 g/mol. The van der Waals surface area contributed by atoms with Gasteiger partial charge in [0.1, 0.15) is 0 Å². The van der Waals surface area contributed by atoms with Gasteiger partial charge < -0.3 is 5.73 Å². The zero-order chi connectivity index (χ0) is 10.1. The molecule has 0 aliphatic heterocycles. The third kappa shape index (κ3) is 1.95.